The van der Waals surface area contributed by atoms with Gasteiger partial charge in [0.25, 0.3) is 11.6 Å². The number of hydrogen-bond acceptors (Lipinski definition) is 4. The van der Waals surface area contributed by atoms with Crippen molar-refractivity contribution < 1.29 is 14.1 Å². The zero-order valence-corrected chi connectivity index (χ0v) is 12.4. The van der Waals surface area contributed by atoms with Crippen LogP contribution >= 0.6 is 0 Å². The molecule has 0 aromatic heterocycles. The molecule has 0 unspecified atom stereocenters. The SMILES string of the molecule is CCC(CC)CNC(=O)c1cc(NC)c(F)cc1[N+](=O)[O-]. The topological polar surface area (TPSA) is 84.3 Å². The minimum atomic E-state index is -0.763. The summed E-state index contributed by atoms with van der Waals surface area (Å²) in [7, 11) is 1.48. The van der Waals surface area contributed by atoms with Crippen LogP contribution in [0, 0.1) is 21.8 Å². The fraction of sp³-hybridized carbons (Fsp3) is 0.500. The highest BCUT2D eigenvalue weighted by atomic mass is 19.1. The van der Waals surface area contributed by atoms with Crippen LogP contribution in [0.4, 0.5) is 15.8 Å². The van der Waals surface area contributed by atoms with E-state index in [0.717, 1.165) is 25.0 Å². The molecule has 0 saturated carbocycles. The number of carbonyl (C=O) groups is 1. The lowest BCUT2D eigenvalue weighted by molar-refractivity contribution is -0.385. The zero-order chi connectivity index (χ0) is 16.0. The number of nitro groups is 1. The van der Waals surface area contributed by atoms with Gasteiger partial charge in [-0.1, -0.05) is 26.7 Å². The lowest BCUT2D eigenvalue weighted by Gasteiger charge is -2.14. The Bertz CT molecular complexity index is 530. The molecule has 1 aromatic rings. The molecule has 0 fully saturated rings. The molecule has 21 heavy (non-hydrogen) atoms. The first-order chi connectivity index (χ1) is 9.94. The van der Waals surface area contributed by atoms with E-state index in [4.69, 9.17) is 0 Å². The summed E-state index contributed by atoms with van der Waals surface area (Å²) in [6, 6.07) is 1.92. The van der Waals surface area contributed by atoms with Gasteiger partial charge < -0.3 is 10.6 Å². The van der Waals surface area contributed by atoms with Crippen LogP contribution in [0.5, 0.6) is 0 Å². The highest BCUT2D eigenvalue weighted by molar-refractivity contribution is 5.99. The van der Waals surface area contributed by atoms with Crippen molar-refractivity contribution in [2.75, 3.05) is 18.9 Å². The van der Waals surface area contributed by atoms with E-state index in [0.29, 0.717) is 12.5 Å². The number of amides is 1. The first kappa shape index (κ1) is 16.9. The number of carbonyl (C=O) groups excluding carboxylic acids is 1. The molecular formula is C14H20FN3O3. The van der Waals surface area contributed by atoms with Crippen molar-refractivity contribution in [1.29, 1.82) is 0 Å². The molecule has 0 aliphatic heterocycles. The first-order valence-corrected chi connectivity index (χ1v) is 6.88. The van der Waals surface area contributed by atoms with Crippen LogP contribution in [0.1, 0.15) is 37.0 Å². The Hall–Kier alpha value is -2.18. The fourth-order valence-electron chi connectivity index (χ4n) is 2.00. The van der Waals surface area contributed by atoms with Crippen LogP contribution in [0.2, 0.25) is 0 Å². The van der Waals surface area contributed by atoms with Gasteiger partial charge in [-0.2, -0.15) is 0 Å². The Balaban J connectivity index is 3.04. The highest BCUT2D eigenvalue weighted by Gasteiger charge is 2.23. The van der Waals surface area contributed by atoms with E-state index in [2.05, 4.69) is 10.6 Å². The largest absolute Gasteiger partial charge is 0.386 e. The third kappa shape index (κ3) is 4.14. The van der Waals surface area contributed by atoms with Crippen LogP contribution in [-0.2, 0) is 0 Å². The van der Waals surface area contributed by atoms with Gasteiger partial charge in [0.2, 0.25) is 0 Å². The molecule has 1 aromatic carbocycles. The van der Waals surface area contributed by atoms with Gasteiger partial charge in [0.15, 0.2) is 5.82 Å². The minimum absolute atomic E-state index is 0.0493. The average Bonchev–Trinajstić information content (AvgIpc) is 2.47. The Morgan fingerprint density at radius 1 is 1.38 bits per heavy atom. The zero-order valence-electron chi connectivity index (χ0n) is 12.4. The summed E-state index contributed by atoms with van der Waals surface area (Å²) in [5.41, 5.74) is -0.626. The second-order valence-electron chi connectivity index (χ2n) is 4.75. The van der Waals surface area contributed by atoms with E-state index in [1.165, 1.54) is 7.05 Å². The van der Waals surface area contributed by atoms with Gasteiger partial charge in [-0.25, -0.2) is 4.39 Å². The van der Waals surface area contributed by atoms with Crippen LogP contribution in [0.3, 0.4) is 0 Å². The molecule has 2 N–H and O–H groups in total. The lowest BCUT2D eigenvalue weighted by Crippen LogP contribution is -2.29. The molecule has 0 aliphatic carbocycles. The molecule has 7 heteroatoms. The molecule has 0 atom stereocenters. The summed E-state index contributed by atoms with van der Waals surface area (Å²) in [4.78, 5) is 22.3. The molecule has 0 bridgehead atoms. The second-order valence-corrected chi connectivity index (χ2v) is 4.75. The first-order valence-electron chi connectivity index (χ1n) is 6.88. The minimum Gasteiger partial charge on any atom is -0.386 e. The normalized spacial score (nSPS) is 10.5. The summed E-state index contributed by atoms with van der Waals surface area (Å²) in [5, 5.41) is 16.2. The average molecular weight is 297 g/mol. The predicted molar refractivity (Wildman–Crippen MR) is 79.0 cm³/mol. The van der Waals surface area contributed by atoms with Gasteiger partial charge in [0.1, 0.15) is 5.56 Å². The number of hydrogen-bond donors (Lipinski definition) is 2. The number of halogens is 1. The lowest BCUT2D eigenvalue weighted by atomic mass is 10.0. The molecule has 1 rings (SSSR count). The number of nitrogens with one attached hydrogen (secondary N) is 2. The molecule has 0 saturated heterocycles. The summed E-state index contributed by atoms with van der Waals surface area (Å²) >= 11 is 0. The van der Waals surface area contributed by atoms with Gasteiger partial charge in [-0.05, 0) is 12.0 Å². The highest BCUT2D eigenvalue weighted by Crippen LogP contribution is 2.26. The Labute approximate surface area is 122 Å². The van der Waals surface area contributed by atoms with Crippen LogP contribution in [0.15, 0.2) is 12.1 Å². The number of nitrogens with zero attached hydrogens (tertiary/aromatic N) is 1. The summed E-state index contributed by atoms with van der Waals surface area (Å²) in [6.45, 7) is 4.47. The van der Waals surface area contributed by atoms with Crippen LogP contribution < -0.4 is 10.6 Å². The van der Waals surface area contributed by atoms with Crippen molar-refractivity contribution in [3.05, 3.63) is 33.6 Å². The molecule has 6 nitrogen and oxygen atoms in total. The standard InChI is InChI=1S/C14H20FN3O3/c1-4-9(5-2)8-17-14(19)10-6-12(16-3)11(15)7-13(10)18(20)21/h6-7,9,16H,4-5,8H2,1-3H3,(H,17,19). The molecule has 116 valence electrons. The number of anilines is 1. The Morgan fingerprint density at radius 2 is 2.00 bits per heavy atom. The maximum absolute atomic E-state index is 13.6. The van der Waals surface area contributed by atoms with Gasteiger partial charge in [-0.15, -0.1) is 0 Å². The second kappa shape index (κ2) is 7.56. The quantitative estimate of drug-likeness (QED) is 0.598. The van der Waals surface area contributed by atoms with Gasteiger partial charge in [-0.3, -0.25) is 14.9 Å². The Morgan fingerprint density at radius 3 is 2.48 bits per heavy atom. The van der Waals surface area contributed by atoms with E-state index in [1.54, 1.807) is 0 Å². The molecule has 0 aliphatic rings. The van der Waals surface area contributed by atoms with Crippen molar-refractivity contribution in [3.63, 3.8) is 0 Å². The Kier molecular flexibility index (Phi) is 6.08. The van der Waals surface area contributed by atoms with Crippen LogP contribution in [0.25, 0.3) is 0 Å². The van der Waals surface area contributed by atoms with E-state index in [-0.39, 0.29) is 11.3 Å². The number of benzene rings is 1. The number of nitro benzene ring substituents is 1. The van der Waals surface area contributed by atoms with E-state index in [1.807, 2.05) is 13.8 Å². The third-order valence-electron chi connectivity index (χ3n) is 3.50. The monoisotopic (exact) mass is 297 g/mol. The summed E-state index contributed by atoms with van der Waals surface area (Å²) in [6.07, 6.45) is 1.81. The number of rotatable bonds is 7. The van der Waals surface area contributed by atoms with Crippen molar-refractivity contribution >= 4 is 17.3 Å². The van der Waals surface area contributed by atoms with Crippen LogP contribution in [-0.4, -0.2) is 24.4 Å². The maximum atomic E-state index is 13.6. The van der Waals surface area contributed by atoms with Crippen molar-refractivity contribution in [1.82, 2.24) is 5.32 Å². The maximum Gasteiger partial charge on any atom is 0.285 e. The van der Waals surface area contributed by atoms with Crippen molar-refractivity contribution in [3.8, 4) is 0 Å². The van der Waals surface area contributed by atoms with Crippen molar-refractivity contribution in [2.24, 2.45) is 5.92 Å². The third-order valence-corrected chi connectivity index (χ3v) is 3.50. The van der Waals surface area contributed by atoms with E-state index >= 15 is 0 Å². The molecule has 0 spiro atoms. The van der Waals surface area contributed by atoms with E-state index < -0.39 is 22.3 Å². The van der Waals surface area contributed by atoms with E-state index in [9.17, 15) is 19.3 Å². The van der Waals surface area contributed by atoms with Crippen molar-refractivity contribution in [2.45, 2.75) is 26.7 Å². The van der Waals surface area contributed by atoms with Gasteiger partial charge in [0.05, 0.1) is 16.7 Å². The molecular weight excluding hydrogens is 277 g/mol. The van der Waals surface area contributed by atoms with Gasteiger partial charge in [0, 0.05) is 13.6 Å². The summed E-state index contributed by atoms with van der Waals surface area (Å²) < 4.78 is 13.6. The summed E-state index contributed by atoms with van der Waals surface area (Å²) in [5.74, 6) is -1.01. The molecule has 1 amide bonds. The smallest absolute Gasteiger partial charge is 0.285 e. The molecule has 0 heterocycles. The fourth-order valence-corrected chi connectivity index (χ4v) is 2.00. The predicted octanol–water partition coefficient (Wildman–Crippen LogP) is 2.94. The molecule has 0 radical (unpaired) electrons. The van der Waals surface area contributed by atoms with Gasteiger partial charge >= 0.3 is 0 Å².